The second-order valence-corrected chi connectivity index (χ2v) is 20.5. The van der Waals surface area contributed by atoms with Gasteiger partial charge in [-0.25, -0.2) is 26.8 Å². The van der Waals surface area contributed by atoms with E-state index in [0.29, 0.717) is 71.1 Å². The van der Waals surface area contributed by atoms with Gasteiger partial charge in [-0.15, -0.1) is 22.7 Å². The van der Waals surface area contributed by atoms with Gasteiger partial charge in [-0.3, -0.25) is 0 Å². The fourth-order valence-electron chi connectivity index (χ4n) is 6.50. The van der Waals surface area contributed by atoms with Crippen LogP contribution in [0.2, 0.25) is 0 Å². The lowest BCUT2D eigenvalue weighted by atomic mass is 10.1. The Balaban J connectivity index is 0.000000174. The first kappa shape index (κ1) is 41.5. The number of piperazine rings is 2. The summed E-state index contributed by atoms with van der Waals surface area (Å²) in [6.45, 7) is 6.29. The van der Waals surface area contributed by atoms with E-state index in [-0.39, 0.29) is 0 Å². The van der Waals surface area contributed by atoms with Gasteiger partial charge < -0.3 is 14.5 Å². The highest BCUT2D eigenvalue weighted by Crippen LogP contribution is 2.33. The van der Waals surface area contributed by atoms with Gasteiger partial charge in [-0.1, -0.05) is 60.2 Å². The smallest absolute Gasteiger partial charge is 0.244 e. The maximum atomic E-state index is 13.0. The highest BCUT2D eigenvalue weighted by Gasteiger charge is 2.32. The van der Waals surface area contributed by atoms with Gasteiger partial charge in [0.15, 0.2) is 10.3 Å². The van der Waals surface area contributed by atoms with Crippen molar-refractivity contribution in [2.24, 2.45) is 0 Å². The summed E-state index contributed by atoms with van der Waals surface area (Å²) in [6, 6.07) is 30.0. The largest absolute Gasteiger partial charge is 0.497 e. The van der Waals surface area contributed by atoms with E-state index < -0.39 is 20.0 Å². The Bertz CT molecular complexity index is 2550. The monoisotopic (exact) mass is 970 g/mol. The summed E-state index contributed by atoms with van der Waals surface area (Å²) in [5.41, 5.74) is 5.18. The standard InChI is InChI=1S/C20H20BrN3O3S2.C20H20BrN3O2S2/c1-27-16-6-4-5-15(13-16)18-14-28-20(22-18)23-9-11-24(12-10-23)29(25,26)19-8-3-2-7-17(19)21;1-15-5-4-6-16(13-15)18-14-27-20(22-18)23-9-11-24(12-10-23)28(25,26)19-8-3-2-7-17(19)21/h2-8,13-14H,9-12H2,1H3;2-8,13-14H,9-12H2,1H3. The summed E-state index contributed by atoms with van der Waals surface area (Å²) >= 11 is 9.88. The lowest BCUT2D eigenvalue weighted by Gasteiger charge is -2.33. The fourth-order valence-corrected chi connectivity index (χ4v) is 13.0. The summed E-state index contributed by atoms with van der Waals surface area (Å²) < 4.78 is 61.3. The molecule has 2 aliphatic heterocycles. The van der Waals surface area contributed by atoms with Gasteiger partial charge >= 0.3 is 0 Å². The van der Waals surface area contributed by atoms with E-state index in [2.05, 4.69) is 72.2 Å². The summed E-state index contributed by atoms with van der Waals surface area (Å²) in [7, 11) is -5.37. The molecule has 57 heavy (non-hydrogen) atoms. The number of sulfonamides is 2. The van der Waals surface area contributed by atoms with Gasteiger partial charge in [-0.2, -0.15) is 8.61 Å². The number of anilines is 2. The number of ether oxygens (including phenoxy) is 1. The Kier molecular flexibility index (Phi) is 13.2. The van der Waals surface area contributed by atoms with Gasteiger partial charge in [0.1, 0.15) is 5.75 Å². The molecule has 0 aliphatic carbocycles. The molecule has 6 aromatic rings. The van der Waals surface area contributed by atoms with Crippen LogP contribution in [-0.4, -0.2) is 94.9 Å². The van der Waals surface area contributed by atoms with Crippen molar-refractivity contribution in [2.45, 2.75) is 16.7 Å². The van der Waals surface area contributed by atoms with E-state index in [9.17, 15) is 16.8 Å². The minimum Gasteiger partial charge on any atom is -0.497 e. The molecular formula is C40H40Br2N6O5S4. The van der Waals surface area contributed by atoms with Crippen LogP contribution < -0.4 is 14.5 Å². The molecule has 17 heteroatoms. The Hall–Kier alpha value is -3.68. The minimum atomic E-state index is -3.51. The number of rotatable bonds is 9. The molecule has 0 bridgehead atoms. The number of methoxy groups -OCH3 is 1. The zero-order valence-electron chi connectivity index (χ0n) is 31.2. The van der Waals surface area contributed by atoms with Crippen molar-refractivity contribution in [2.75, 3.05) is 69.3 Å². The molecule has 2 aliphatic rings. The van der Waals surface area contributed by atoms with Crippen molar-refractivity contribution in [3.63, 3.8) is 0 Å². The van der Waals surface area contributed by atoms with Crippen molar-refractivity contribution in [1.82, 2.24) is 18.6 Å². The van der Waals surface area contributed by atoms with Crippen molar-refractivity contribution < 1.29 is 21.6 Å². The SMILES string of the molecule is COc1cccc(-c2csc(N3CCN(S(=O)(=O)c4ccccc4Br)CC3)n2)c1.Cc1cccc(-c2csc(N3CCN(S(=O)(=O)c4ccccc4Br)CC3)n2)c1. The van der Waals surface area contributed by atoms with E-state index in [1.807, 2.05) is 47.8 Å². The molecule has 2 aromatic heterocycles. The molecule has 0 N–H and O–H groups in total. The lowest BCUT2D eigenvalue weighted by Crippen LogP contribution is -2.48. The van der Waals surface area contributed by atoms with Crippen LogP contribution in [0.4, 0.5) is 10.3 Å². The van der Waals surface area contributed by atoms with Crippen molar-refractivity contribution in [1.29, 1.82) is 0 Å². The van der Waals surface area contributed by atoms with E-state index in [1.165, 1.54) is 5.56 Å². The molecule has 0 amide bonds. The van der Waals surface area contributed by atoms with Crippen molar-refractivity contribution >= 4 is 84.8 Å². The lowest BCUT2D eigenvalue weighted by molar-refractivity contribution is 0.384. The van der Waals surface area contributed by atoms with Gasteiger partial charge in [-0.05, 0) is 81.2 Å². The van der Waals surface area contributed by atoms with Crippen LogP contribution >= 0.6 is 54.5 Å². The van der Waals surface area contributed by atoms with E-state index in [1.54, 1.807) is 74.8 Å². The van der Waals surface area contributed by atoms with Crippen LogP contribution in [0.15, 0.2) is 127 Å². The summed E-state index contributed by atoms with van der Waals surface area (Å²) in [5.74, 6) is 0.794. The highest BCUT2D eigenvalue weighted by molar-refractivity contribution is 9.10. The third-order valence-corrected chi connectivity index (χ3v) is 17.2. The molecule has 298 valence electrons. The second-order valence-electron chi connectivity index (χ2n) is 13.3. The third kappa shape index (κ3) is 9.46. The first-order valence-electron chi connectivity index (χ1n) is 18.1. The number of hydrogen-bond donors (Lipinski definition) is 0. The molecule has 0 unspecified atom stereocenters. The fraction of sp³-hybridized carbons (Fsp3) is 0.250. The minimum absolute atomic E-state index is 0.308. The molecule has 2 saturated heterocycles. The quantitative estimate of drug-likeness (QED) is 0.141. The Morgan fingerprint density at radius 1 is 0.579 bits per heavy atom. The van der Waals surface area contributed by atoms with Crippen molar-refractivity contribution in [3.05, 3.63) is 122 Å². The zero-order valence-corrected chi connectivity index (χ0v) is 37.6. The average Bonchev–Trinajstić information content (AvgIpc) is 3.93. The van der Waals surface area contributed by atoms with Gasteiger partial charge in [0.2, 0.25) is 20.0 Å². The summed E-state index contributed by atoms with van der Waals surface area (Å²) in [5, 5.41) is 5.93. The van der Waals surface area contributed by atoms with Gasteiger partial charge in [0, 0.05) is 83.2 Å². The predicted molar refractivity (Wildman–Crippen MR) is 237 cm³/mol. The van der Waals surface area contributed by atoms with Crippen LogP contribution in [0.1, 0.15) is 5.56 Å². The molecule has 11 nitrogen and oxygen atoms in total. The zero-order chi connectivity index (χ0) is 40.2. The highest BCUT2D eigenvalue weighted by atomic mass is 79.9. The molecule has 0 atom stereocenters. The topological polar surface area (TPSA) is 116 Å². The molecule has 0 radical (unpaired) electrons. The first-order valence-corrected chi connectivity index (χ1v) is 24.3. The van der Waals surface area contributed by atoms with Gasteiger partial charge in [0.25, 0.3) is 0 Å². The molecule has 2 fully saturated rings. The maximum absolute atomic E-state index is 13.0. The van der Waals surface area contributed by atoms with E-state index in [4.69, 9.17) is 14.7 Å². The predicted octanol–water partition coefficient (Wildman–Crippen LogP) is 8.48. The molecular weight excluding hydrogens is 933 g/mol. The molecule has 0 spiro atoms. The third-order valence-electron chi connectivity index (χ3n) is 9.59. The van der Waals surface area contributed by atoms with Crippen LogP contribution in [0, 0.1) is 6.92 Å². The number of aromatic nitrogens is 2. The number of benzene rings is 4. The summed E-state index contributed by atoms with van der Waals surface area (Å²) in [6.07, 6.45) is 0. The molecule has 4 heterocycles. The molecule has 0 saturated carbocycles. The number of halogens is 2. The van der Waals surface area contributed by atoms with Crippen LogP contribution in [-0.2, 0) is 20.0 Å². The Labute approximate surface area is 358 Å². The van der Waals surface area contributed by atoms with Gasteiger partial charge in [0.05, 0.1) is 28.3 Å². The maximum Gasteiger partial charge on any atom is 0.244 e. The normalized spacial score (nSPS) is 15.6. The molecule has 4 aromatic carbocycles. The van der Waals surface area contributed by atoms with E-state index >= 15 is 0 Å². The number of hydrogen-bond acceptors (Lipinski definition) is 11. The van der Waals surface area contributed by atoms with Crippen LogP contribution in [0.3, 0.4) is 0 Å². The number of nitrogens with zero attached hydrogens (tertiary/aromatic N) is 6. The second kappa shape index (κ2) is 18.1. The number of aryl methyl sites for hydroxylation is 1. The first-order chi connectivity index (χ1) is 27.4. The Morgan fingerprint density at radius 2 is 1.02 bits per heavy atom. The Morgan fingerprint density at radius 3 is 1.46 bits per heavy atom. The van der Waals surface area contributed by atoms with Crippen LogP contribution in [0.5, 0.6) is 5.75 Å². The molecule has 8 rings (SSSR count). The average molecular weight is 973 g/mol. The van der Waals surface area contributed by atoms with E-state index in [0.717, 1.165) is 38.5 Å². The number of thiazole rings is 2. The summed E-state index contributed by atoms with van der Waals surface area (Å²) in [4.78, 5) is 14.5. The van der Waals surface area contributed by atoms with Crippen LogP contribution in [0.25, 0.3) is 22.5 Å². The van der Waals surface area contributed by atoms with Crippen molar-refractivity contribution in [3.8, 4) is 28.3 Å².